The summed E-state index contributed by atoms with van der Waals surface area (Å²) in [5, 5.41) is 1.34. The highest BCUT2D eigenvalue weighted by molar-refractivity contribution is 8.00. The molecule has 0 N–H and O–H groups in total. The van der Waals surface area contributed by atoms with E-state index < -0.39 is 0 Å². The highest BCUT2D eigenvalue weighted by Gasteiger charge is 1.96. The molecule has 0 saturated carbocycles. The smallest absolute Gasteiger partial charge is 0.0921 e. The summed E-state index contributed by atoms with van der Waals surface area (Å²) in [6, 6.07) is 0. The van der Waals surface area contributed by atoms with Crippen molar-refractivity contribution in [2.45, 2.75) is 33.0 Å². The average Bonchev–Trinajstić information content (AvgIpc) is 1.79. The van der Waals surface area contributed by atoms with Crippen molar-refractivity contribution >= 4 is 20.6 Å². The Kier molecular flexibility index (Phi) is 6.58. The second-order valence-electron chi connectivity index (χ2n) is 3.10. The zero-order valence-electron chi connectivity index (χ0n) is 7.39. The quantitative estimate of drug-likeness (QED) is 0.362. The summed E-state index contributed by atoms with van der Waals surface area (Å²) in [4.78, 5) is 0. The Balaban J connectivity index is 2.91. The Morgan fingerprint density at radius 1 is 1.40 bits per heavy atom. The molecule has 0 aliphatic carbocycles. The van der Waals surface area contributed by atoms with Gasteiger partial charge < -0.3 is 4.74 Å². The van der Waals surface area contributed by atoms with Crippen molar-refractivity contribution in [2.75, 3.05) is 11.3 Å². The fraction of sp³-hybridized carbons (Fsp3) is 1.00. The van der Waals surface area contributed by atoms with Gasteiger partial charge in [0.25, 0.3) is 0 Å². The van der Waals surface area contributed by atoms with Crippen LogP contribution in [0.4, 0.5) is 0 Å². The number of ether oxygens (including phenoxy) is 1. The molecular weight excluding hydrogens is 160 g/mol. The van der Waals surface area contributed by atoms with Crippen LogP contribution in [0, 0.1) is 0 Å². The molecule has 0 bridgehead atoms. The van der Waals surface area contributed by atoms with Crippen molar-refractivity contribution in [1.82, 2.24) is 0 Å². The van der Waals surface area contributed by atoms with Crippen LogP contribution in [-0.4, -0.2) is 26.2 Å². The van der Waals surface area contributed by atoms with E-state index in [0.29, 0.717) is 6.10 Å². The van der Waals surface area contributed by atoms with Crippen LogP contribution in [-0.2, 0) is 4.74 Å². The van der Waals surface area contributed by atoms with Gasteiger partial charge in [-0.1, -0.05) is 13.1 Å². The third-order valence-corrected chi connectivity index (χ3v) is 4.85. The molecule has 0 fully saturated rings. The maximum absolute atomic E-state index is 5.38. The molecule has 0 heterocycles. The molecule has 0 atom stereocenters. The standard InChI is InChI=1S/C7H18OSSi/c1-7(2)8-5-9-6-10(3)4/h7,10H,5-6H2,1-4H3. The van der Waals surface area contributed by atoms with E-state index in [2.05, 4.69) is 26.9 Å². The van der Waals surface area contributed by atoms with Gasteiger partial charge in [-0.05, 0) is 19.2 Å². The number of hydrogen-bond acceptors (Lipinski definition) is 2. The summed E-state index contributed by atoms with van der Waals surface area (Å²) in [7, 11) is -0.351. The van der Waals surface area contributed by atoms with Crippen molar-refractivity contribution in [3.8, 4) is 0 Å². The average molecular weight is 178 g/mol. The van der Waals surface area contributed by atoms with E-state index >= 15 is 0 Å². The third-order valence-electron chi connectivity index (χ3n) is 0.936. The van der Waals surface area contributed by atoms with Crippen molar-refractivity contribution in [3.05, 3.63) is 0 Å². The van der Waals surface area contributed by atoms with Gasteiger partial charge in [0.05, 0.1) is 12.0 Å². The van der Waals surface area contributed by atoms with Crippen molar-refractivity contribution in [3.63, 3.8) is 0 Å². The molecule has 0 spiro atoms. The maximum atomic E-state index is 5.38. The van der Waals surface area contributed by atoms with Crippen LogP contribution >= 0.6 is 11.8 Å². The molecule has 62 valence electrons. The van der Waals surface area contributed by atoms with Crippen LogP contribution < -0.4 is 0 Å². The lowest BCUT2D eigenvalue weighted by atomic mass is 10.5. The summed E-state index contributed by atoms with van der Waals surface area (Å²) in [6.45, 7) is 8.88. The van der Waals surface area contributed by atoms with E-state index in [4.69, 9.17) is 4.74 Å². The Morgan fingerprint density at radius 2 is 2.00 bits per heavy atom. The molecule has 3 heteroatoms. The SMILES string of the molecule is CC(C)OCSC[SiH](C)C. The van der Waals surface area contributed by atoms with Crippen LogP contribution in [0.3, 0.4) is 0 Å². The lowest BCUT2D eigenvalue weighted by molar-refractivity contribution is 0.120. The Bertz CT molecular complexity index is 66.0. The monoisotopic (exact) mass is 178 g/mol. The molecule has 0 amide bonds. The van der Waals surface area contributed by atoms with E-state index in [1.807, 2.05) is 11.8 Å². The van der Waals surface area contributed by atoms with Crippen molar-refractivity contribution in [1.29, 1.82) is 0 Å². The predicted octanol–water partition coefficient (Wildman–Crippen LogP) is 2.13. The van der Waals surface area contributed by atoms with Gasteiger partial charge in [0, 0.05) is 8.80 Å². The fourth-order valence-corrected chi connectivity index (χ4v) is 3.11. The van der Waals surface area contributed by atoms with E-state index in [1.54, 1.807) is 0 Å². The lowest BCUT2D eigenvalue weighted by Gasteiger charge is -2.07. The minimum atomic E-state index is -0.351. The largest absolute Gasteiger partial charge is 0.368 e. The van der Waals surface area contributed by atoms with E-state index in [0.717, 1.165) is 5.94 Å². The van der Waals surface area contributed by atoms with Crippen molar-refractivity contribution in [2.24, 2.45) is 0 Å². The van der Waals surface area contributed by atoms with Gasteiger partial charge in [0.2, 0.25) is 0 Å². The molecule has 1 nitrogen and oxygen atoms in total. The second-order valence-corrected chi connectivity index (χ2v) is 7.86. The van der Waals surface area contributed by atoms with Gasteiger partial charge in [-0.3, -0.25) is 0 Å². The maximum Gasteiger partial charge on any atom is 0.0921 e. The van der Waals surface area contributed by atoms with E-state index in [9.17, 15) is 0 Å². The first kappa shape index (κ1) is 10.5. The summed E-state index contributed by atoms with van der Waals surface area (Å²) in [5.41, 5.74) is 0. The molecule has 0 aromatic heterocycles. The Hall–Kier alpha value is 0.527. The zero-order valence-corrected chi connectivity index (χ0v) is 9.36. The molecule has 0 aliphatic rings. The molecule has 0 unspecified atom stereocenters. The van der Waals surface area contributed by atoms with E-state index in [1.165, 1.54) is 5.38 Å². The molecule has 0 aromatic rings. The first-order valence-electron chi connectivity index (χ1n) is 3.82. The molecule has 0 saturated heterocycles. The lowest BCUT2D eigenvalue weighted by Crippen LogP contribution is -2.07. The Labute approximate surface area is 70.1 Å². The van der Waals surface area contributed by atoms with Crippen LogP contribution in [0.15, 0.2) is 0 Å². The summed E-state index contributed by atoms with van der Waals surface area (Å²) in [5.74, 6) is 0.878. The summed E-state index contributed by atoms with van der Waals surface area (Å²) < 4.78 is 5.38. The number of thioether (sulfide) groups is 1. The second kappa shape index (κ2) is 6.25. The van der Waals surface area contributed by atoms with Crippen LogP contribution in [0.1, 0.15) is 13.8 Å². The first-order valence-corrected chi connectivity index (χ1v) is 8.10. The molecule has 0 aromatic carbocycles. The highest BCUT2D eigenvalue weighted by atomic mass is 32.2. The van der Waals surface area contributed by atoms with Crippen LogP contribution in [0.2, 0.25) is 13.1 Å². The molecular formula is C7H18OSSi. The third kappa shape index (κ3) is 8.53. The fourth-order valence-electron chi connectivity index (χ4n) is 0.468. The molecule has 0 aliphatic heterocycles. The minimum Gasteiger partial charge on any atom is -0.368 e. The Morgan fingerprint density at radius 3 is 2.40 bits per heavy atom. The van der Waals surface area contributed by atoms with Gasteiger partial charge in [-0.15, -0.1) is 11.8 Å². The van der Waals surface area contributed by atoms with E-state index in [-0.39, 0.29) is 8.80 Å². The molecule has 0 rings (SSSR count). The molecule has 0 radical (unpaired) electrons. The molecule has 10 heavy (non-hydrogen) atoms. The van der Waals surface area contributed by atoms with Crippen molar-refractivity contribution < 1.29 is 4.74 Å². The van der Waals surface area contributed by atoms with Gasteiger partial charge in [-0.25, -0.2) is 0 Å². The highest BCUT2D eigenvalue weighted by Crippen LogP contribution is 2.03. The summed E-state index contributed by atoms with van der Waals surface area (Å²) >= 11 is 1.93. The minimum absolute atomic E-state index is 0.351. The van der Waals surface area contributed by atoms with Crippen LogP contribution in [0.5, 0.6) is 0 Å². The van der Waals surface area contributed by atoms with Crippen LogP contribution in [0.25, 0.3) is 0 Å². The van der Waals surface area contributed by atoms with Gasteiger partial charge in [0.1, 0.15) is 0 Å². The normalized spacial score (nSPS) is 11.4. The number of rotatable bonds is 5. The van der Waals surface area contributed by atoms with Gasteiger partial charge >= 0.3 is 0 Å². The number of hydrogen-bond donors (Lipinski definition) is 0. The van der Waals surface area contributed by atoms with Gasteiger partial charge in [-0.2, -0.15) is 0 Å². The predicted molar refractivity (Wildman–Crippen MR) is 52.4 cm³/mol. The zero-order chi connectivity index (χ0) is 7.98. The van der Waals surface area contributed by atoms with Gasteiger partial charge in [0.15, 0.2) is 0 Å². The first-order chi connectivity index (χ1) is 4.63. The topological polar surface area (TPSA) is 9.23 Å². The summed E-state index contributed by atoms with van der Waals surface area (Å²) in [6.07, 6.45) is 0.390.